The number of methoxy groups -OCH3 is 2. The number of nitrogens with zero attached hydrogens (tertiary/aromatic N) is 3. The molecule has 0 fully saturated rings. The van der Waals surface area contributed by atoms with Crippen LogP contribution in [0.1, 0.15) is 26.4 Å². The van der Waals surface area contributed by atoms with Crippen molar-refractivity contribution in [2.45, 2.75) is 13.5 Å². The lowest BCUT2D eigenvalue weighted by Crippen LogP contribution is -2.42. The Kier molecular flexibility index (Phi) is 6.19. The molecule has 0 aliphatic rings. The number of para-hydroxylation sites is 1. The molecule has 0 bridgehead atoms. The molecule has 1 N–H and O–H groups in total. The molecule has 0 aliphatic carbocycles. The zero-order valence-electron chi connectivity index (χ0n) is 17.8. The van der Waals surface area contributed by atoms with E-state index in [0.717, 1.165) is 11.7 Å². The SMILES string of the molecule is COC(=O)c1ccccc1NC(=O)Cn1c(=O)c2c(C(=O)OC)cc(C)nc2n(C)c1=O. The summed E-state index contributed by atoms with van der Waals surface area (Å²) in [6, 6.07) is 7.50. The van der Waals surface area contributed by atoms with Gasteiger partial charge in [0.2, 0.25) is 5.91 Å². The number of ether oxygens (including phenoxy) is 2. The van der Waals surface area contributed by atoms with Gasteiger partial charge in [0, 0.05) is 12.7 Å². The molecule has 11 nitrogen and oxygen atoms in total. The van der Waals surface area contributed by atoms with Crippen LogP contribution in [0.3, 0.4) is 0 Å². The van der Waals surface area contributed by atoms with Gasteiger partial charge in [-0.15, -0.1) is 0 Å². The molecule has 166 valence electrons. The summed E-state index contributed by atoms with van der Waals surface area (Å²) in [6.07, 6.45) is 0. The predicted molar refractivity (Wildman–Crippen MR) is 114 cm³/mol. The van der Waals surface area contributed by atoms with Gasteiger partial charge in [-0.05, 0) is 25.1 Å². The lowest BCUT2D eigenvalue weighted by atomic mass is 10.1. The second-order valence-corrected chi connectivity index (χ2v) is 6.82. The lowest BCUT2D eigenvalue weighted by molar-refractivity contribution is -0.116. The van der Waals surface area contributed by atoms with E-state index in [2.05, 4.69) is 15.0 Å². The molecule has 0 spiro atoms. The van der Waals surface area contributed by atoms with Crippen molar-refractivity contribution >= 4 is 34.6 Å². The molecule has 0 radical (unpaired) electrons. The van der Waals surface area contributed by atoms with Crippen molar-refractivity contribution < 1.29 is 23.9 Å². The Morgan fingerprint density at radius 3 is 2.31 bits per heavy atom. The largest absolute Gasteiger partial charge is 0.465 e. The number of hydrogen-bond acceptors (Lipinski definition) is 8. The first kappa shape index (κ1) is 22.4. The monoisotopic (exact) mass is 440 g/mol. The van der Waals surface area contributed by atoms with Crippen LogP contribution in [0.4, 0.5) is 5.69 Å². The van der Waals surface area contributed by atoms with E-state index in [9.17, 15) is 24.0 Å². The number of aromatic nitrogens is 3. The minimum Gasteiger partial charge on any atom is -0.465 e. The third-order valence-electron chi connectivity index (χ3n) is 4.74. The van der Waals surface area contributed by atoms with Gasteiger partial charge < -0.3 is 14.8 Å². The number of esters is 2. The maximum atomic E-state index is 13.1. The van der Waals surface area contributed by atoms with E-state index in [4.69, 9.17) is 4.74 Å². The summed E-state index contributed by atoms with van der Waals surface area (Å²) in [5.74, 6) is -2.18. The summed E-state index contributed by atoms with van der Waals surface area (Å²) in [7, 11) is 3.74. The minimum absolute atomic E-state index is 0.00639. The standard InChI is InChI=1S/C21H20N4O7/c1-11-9-13(20(29)32-4)16-17(22-11)24(2)21(30)25(18(16)27)10-15(26)23-14-8-6-5-7-12(14)19(28)31-3/h5-9H,10H2,1-4H3,(H,23,26). The minimum atomic E-state index is -0.868. The quantitative estimate of drug-likeness (QED) is 0.570. The number of anilines is 1. The third-order valence-corrected chi connectivity index (χ3v) is 4.74. The van der Waals surface area contributed by atoms with Gasteiger partial charge in [-0.1, -0.05) is 12.1 Å². The molecule has 3 aromatic rings. The third kappa shape index (κ3) is 4.00. The average Bonchev–Trinajstić information content (AvgIpc) is 2.79. The van der Waals surface area contributed by atoms with Crippen LogP contribution in [0, 0.1) is 6.92 Å². The zero-order valence-corrected chi connectivity index (χ0v) is 17.8. The van der Waals surface area contributed by atoms with Crippen molar-refractivity contribution in [1.29, 1.82) is 0 Å². The molecular weight excluding hydrogens is 420 g/mol. The molecule has 0 unspecified atom stereocenters. The number of rotatable bonds is 5. The maximum absolute atomic E-state index is 13.1. The molecule has 0 aliphatic heterocycles. The number of amides is 1. The van der Waals surface area contributed by atoms with Crippen molar-refractivity contribution in [3.8, 4) is 0 Å². The summed E-state index contributed by atoms with van der Waals surface area (Å²) < 4.78 is 11.2. The number of nitrogens with one attached hydrogen (secondary N) is 1. The molecule has 2 heterocycles. The molecule has 3 rings (SSSR count). The maximum Gasteiger partial charge on any atom is 0.339 e. The van der Waals surface area contributed by atoms with Crippen molar-refractivity contribution in [2.24, 2.45) is 7.05 Å². The van der Waals surface area contributed by atoms with Gasteiger partial charge in [-0.3, -0.25) is 18.7 Å². The van der Waals surface area contributed by atoms with E-state index < -0.39 is 35.6 Å². The second-order valence-electron chi connectivity index (χ2n) is 6.82. The van der Waals surface area contributed by atoms with Crippen LogP contribution in [0.15, 0.2) is 39.9 Å². The van der Waals surface area contributed by atoms with Crippen molar-refractivity contribution in [3.63, 3.8) is 0 Å². The Balaban J connectivity index is 2.09. The fourth-order valence-corrected chi connectivity index (χ4v) is 3.23. The van der Waals surface area contributed by atoms with Crippen molar-refractivity contribution in [1.82, 2.24) is 14.1 Å². The number of aryl methyl sites for hydroxylation is 2. The van der Waals surface area contributed by atoms with Crippen LogP contribution in [0.5, 0.6) is 0 Å². The predicted octanol–water partition coefficient (Wildman–Crippen LogP) is 0.616. The first-order valence-corrected chi connectivity index (χ1v) is 9.36. The highest BCUT2D eigenvalue weighted by atomic mass is 16.5. The van der Waals surface area contributed by atoms with Crippen LogP contribution < -0.4 is 16.6 Å². The highest BCUT2D eigenvalue weighted by molar-refractivity contribution is 6.03. The molecule has 1 aromatic carbocycles. The van der Waals surface area contributed by atoms with Crippen molar-refractivity contribution in [2.75, 3.05) is 19.5 Å². The van der Waals surface area contributed by atoms with E-state index in [-0.39, 0.29) is 27.8 Å². The lowest BCUT2D eigenvalue weighted by Gasteiger charge is -2.13. The Bertz CT molecular complexity index is 1370. The molecule has 0 atom stereocenters. The molecule has 32 heavy (non-hydrogen) atoms. The summed E-state index contributed by atoms with van der Waals surface area (Å²) in [4.78, 5) is 66.9. The fourth-order valence-electron chi connectivity index (χ4n) is 3.23. The molecule has 1 amide bonds. The van der Waals surface area contributed by atoms with E-state index in [1.807, 2.05) is 0 Å². The molecule has 0 saturated carbocycles. The van der Waals surface area contributed by atoms with Gasteiger partial charge in [0.05, 0.1) is 36.4 Å². The zero-order chi connectivity index (χ0) is 23.6. The summed E-state index contributed by atoms with van der Waals surface area (Å²) in [5.41, 5.74) is -1.08. The summed E-state index contributed by atoms with van der Waals surface area (Å²) in [6.45, 7) is 0.944. The normalized spacial score (nSPS) is 10.6. The number of carbonyl (C=O) groups excluding carboxylic acids is 3. The molecule has 0 saturated heterocycles. The topological polar surface area (TPSA) is 139 Å². The van der Waals surface area contributed by atoms with Crippen LogP contribution in [-0.2, 0) is 27.9 Å². The number of pyridine rings is 1. The number of hydrogen-bond donors (Lipinski definition) is 1. The van der Waals surface area contributed by atoms with E-state index in [1.165, 1.54) is 32.4 Å². The van der Waals surface area contributed by atoms with E-state index >= 15 is 0 Å². The van der Waals surface area contributed by atoms with Gasteiger partial charge in [0.25, 0.3) is 5.56 Å². The Labute approximate surface area is 181 Å². The van der Waals surface area contributed by atoms with Gasteiger partial charge in [-0.25, -0.2) is 19.4 Å². The number of carbonyl (C=O) groups is 3. The Morgan fingerprint density at radius 1 is 1.03 bits per heavy atom. The molecule has 11 heteroatoms. The van der Waals surface area contributed by atoms with Crippen molar-refractivity contribution in [3.05, 3.63) is 68.0 Å². The van der Waals surface area contributed by atoms with Gasteiger partial charge in [0.1, 0.15) is 12.2 Å². The second kappa shape index (κ2) is 8.84. The van der Waals surface area contributed by atoms with Crippen LogP contribution in [-0.4, -0.2) is 46.2 Å². The number of fused-ring (bicyclic) bond motifs is 1. The molecule has 2 aromatic heterocycles. The summed E-state index contributed by atoms with van der Waals surface area (Å²) in [5, 5.41) is 2.35. The fraction of sp³-hybridized carbons (Fsp3) is 0.238. The number of benzene rings is 1. The molecular formula is C21H20N4O7. The van der Waals surface area contributed by atoms with Gasteiger partial charge >= 0.3 is 17.6 Å². The smallest absolute Gasteiger partial charge is 0.339 e. The first-order chi connectivity index (χ1) is 15.2. The van der Waals surface area contributed by atoms with E-state index in [1.54, 1.807) is 19.1 Å². The highest BCUT2D eigenvalue weighted by Gasteiger charge is 2.22. The van der Waals surface area contributed by atoms with Crippen LogP contribution in [0.25, 0.3) is 11.0 Å². The Morgan fingerprint density at radius 2 is 1.66 bits per heavy atom. The first-order valence-electron chi connectivity index (χ1n) is 9.36. The van der Waals surface area contributed by atoms with Gasteiger partial charge in [0.15, 0.2) is 0 Å². The summed E-state index contributed by atoms with van der Waals surface area (Å²) >= 11 is 0. The highest BCUT2D eigenvalue weighted by Crippen LogP contribution is 2.17. The Hall–Kier alpha value is -4.28. The van der Waals surface area contributed by atoms with Gasteiger partial charge in [-0.2, -0.15) is 0 Å². The average molecular weight is 440 g/mol. The van der Waals surface area contributed by atoms with Crippen LogP contribution >= 0.6 is 0 Å². The van der Waals surface area contributed by atoms with E-state index in [0.29, 0.717) is 10.3 Å². The van der Waals surface area contributed by atoms with Crippen LogP contribution in [0.2, 0.25) is 0 Å².